The molecule has 1 aliphatic rings. The second kappa shape index (κ2) is 3.45. The van der Waals surface area contributed by atoms with Crippen LogP contribution < -0.4 is 0 Å². The number of Topliss-reactive ketones (excluding diaryl/α,β-unsaturated/α-hetero) is 1. The number of nitriles is 1. The van der Waals surface area contributed by atoms with Crippen LogP contribution in [0, 0.1) is 37.5 Å². The van der Waals surface area contributed by atoms with Crippen molar-refractivity contribution >= 4 is 5.78 Å². The lowest BCUT2D eigenvalue weighted by Gasteiger charge is -2.12. The molecule has 0 amide bonds. The van der Waals surface area contributed by atoms with E-state index in [1.807, 2.05) is 32.9 Å². The molecule has 1 aromatic carbocycles. The summed E-state index contributed by atoms with van der Waals surface area (Å²) >= 11 is 0. The number of hydrogen-bond acceptors (Lipinski definition) is 2. The van der Waals surface area contributed by atoms with Crippen LogP contribution in [-0.2, 0) is 0 Å². The van der Waals surface area contributed by atoms with E-state index in [-0.39, 0.29) is 5.78 Å². The lowest BCUT2D eigenvalue weighted by Crippen LogP contribution is -2.15. The van der Waals surface area contributed by atoms with Crippen molar-refractivity contribution < 1.29 is 4.79 Å². The molecule has 1 aromatic rings. The normalized spacial score (nSPS) is 16.6. The molecule has 1 saturated carbocycles. The Balaban J connectivity index is 2.47. The summed E-state index contributed by atoms with van der Waals surface area (Å²) in [5, 5.41) is 9.03. The van der Waals surface area contributed by atoms with E-state index in [0.717, 1.165) is 16.7 Å². The summed E-state index contributed by atoms with van der Waals surface area (Å²) in [5.41, 5.74) is 3.39. The van der Waals surface area contributed by atoms with Crippen LogP contribution in [0.1, 0.15) is 39.9 Å². The Morgan fingerprint density at radius 3 is 2.38 bits per heavy atom. The second-order valence-corrected chi connectivity index (χ2v) is 4.70. The number of nitrogens with zero attached hydrogens (tertiary/aromatic N) is 1. The molecule has 82 valence electrons. The highest BCUT2D eigenvalue weighted by Crippen LogP contribution is 2.48. The minimum atomic E-state index is -0.702. The molecule has 0 radical (unpaired) electrons. The van der Waals surface area contributed by atoms with Gasteiger partial charge in [-0.1, -0.05) is 12.1 Å². The van der Waals surface area contributed by atoms with E-state index in [1.54, 1.807) is 0 Å². The van der Waals surface area contributed by atoms with Gasteiger partial charge in [-0.25, -0.2) is 0 Å². The molecule has 2 rings (SSSR count). The van der Waals surface area contributed by atoms with Crippen LogP contribution in [0.25, 0.3) is 0 Å². The molecule has 16 heavy (non-hydrogen) atoms. The van der Waals surface area contributed by atoms with Gasteiger partial charge in [0.1, 0.15) is 5.41 Å². The lowest BCUT2D eigenvalue weighted by atomic mass is 9.90. The molecule has 0 saturated heterocycles. The van der Waals surface area contributed by atoms with E-state index < -0.39 is 5.41 Å². The third kappa shape index (κ3) is 1.44. The van der Waals surface area contributed by atoms with Gasteiger partial charge in [-0.2, -0.15) is 5.26 Å². The molecule has 0 bridgehead atoms. The summed E-state index contributed by atoms with van der Waals surface area (Å²) in [5.74, 6) is 0.00981. The fourth-order valence-corrected chi connectivity index (χ4v) is 1.97. The number of carbonyl (C=O) groups is 1. The molecule has 2 heteroatoms. The van der Waals surface area contributed by atoms with Crippen molar-refractivity contribution in [3.63, 3.8) is 0 Å². The van der Waals surface area contributed by atoms with Crippen LogP contribution in [0.2, 0.25) is 0 Å². The number of aryl methyl sites for hydroxylation is 1. The van der Waals surface area contributed by atoms with E-state index in [9.17, 15) is 4.79 Å². The van der Waals surface area contributed by atoms with Gasteiger partial charge in [-0.05, 0) is 50.3 Å². The Morgan fingerprint density at radius 2 is 1.88 bits per heavy atom. The highest BCUT2D eigenvalue weighted by Gasteiger charge is 2.50. The molecule has 0 N–H and O–H groups in total. The highest BCUT2D eigenvalue weighted by atomic mass is 16.1. The quantitative estimate of drug-likeness (QED) is 0.708. The molecule has 0 unspecified atom stereocenters. The molecular weight excluding hydrogens is 198 g/mol. The van der Waals surface area contributed by atoms with Crippen molar-refractivity contribution in [3.8, 4) is 6.07 Å². The topological polar surface area (TPSA) is 40.9 Å². The van der Waals surface area contributed by atoms with Crippen LogP contribution >= 0.6 is 0 Å². The molecule has 1 fully saturated rings. The lowest BCUT2D eigenvalue weighted by molar-refractivity contribution is 0.0934. The maximum atomic E-state index is 12.2. The fourth-order valence-electron chi connectivity index (χ4n) is 1.97. The Kier molecular flexibility index (Phi) is 2.35. The number of carbonyl (C=O) groups excluding carboxylic acids is 1. The smallest absolute Gasteiger partial charge is 0.183 e. The Hall–Kier alpha value is -1.62. The van der Waals surface area contributed by atoms with Crippen LogP contribution in [0.15, 0.2) is 12.1 Å². The van der Waals surface area contributed by atoms with Gasteiger partial charge in [-0.3, -0.25) is 4.79 Å². The third-order valence-corrected chi connectivity index (χ3v) is 3.70. The van der Waals surface area contributed by atoms with E-state index >= 15 is 0 Å². The highest BCUT2D eigenvalue weighted by molar-refractivity contribution is 6.05. The third-order valence-electron chi connectivity index (χ3n) is 3.70. The van der Waals surface area contributed by atoms with E-state index in [1.165, 1.54) is 5.56 Å². The van der Waals surface area contributed by atoms with E-state index in [4.69, 9.17) is 5.26 Å². The van der Waals surface area contributed by atoms with Crippen LogP contribution in [0.3, 0.4) is 0 Å². The Bertz CT molecular complexity index is 504. The zero-order chi connectivity index (χ0) is 11.9. The molecule has 0 aromatic heterocycles. The van der Waals surface area contributed by atoms with Crippen molar-refractivity contribution in [1.29, 1.82) is 5.26 Å². The summed E-state index contributed by atoms with van der Waals surface area (Å²) < 4.78 is 0. The number of benzene rings is 1. The predicted octanol–water partition coefficient (Wildman–Crippen LogP) is 3.10. The Labute approximate surface area is 95.9 Å². The van der Waals surface area contributed by atoms with Gasteiger partial charge >= 0.3 is 0 Å². The number of hydrogen-bond donors (Lipinski definition) is 0. The molecule has 2 nitrogen and oxygen atoms in total. The first-order valence-electron chi connectivity index (χ1n) is 5.55. The minimum absolute atomic E-state index is 0.00981. The van der Waals surface area contributed by atoms with Gasteiger partial charge in [0.15, 0.2) is 5.78 Å². The average molecular weight is 213 g/mol. The second-order valence-electron chi connectivity index (χ2n) is 4.70. The molecule has 1 aliphatic carbocycles. The van der Waals surface area contributed by atoms with Gasteiger partial charge < -0.3 is 0 Å². The molecule has 0 heterocycles. The maximum Gasteiger partial charge on any atom is 0.183 e. The zero-order valence-corrected chi connectivity index (χ0v) is 9.92. The van der Waals surface area contributed by atoms with Crippen molar-refractivity contribution in [2.45, 2.75) is 33.6 Å². The maximum absolute atomic E-state index is 12.2. The summed E-state index contributed by atoms with van der Waals surface area (Å²) in [4.78, 5) is 12.2. The van der Waals surface area contributed by atoms with Gasteiger partial charge in [0.05, 0.1) is 6.07 Å². The first-order valence-corrected chi connectivity index (χ1v) is 5.55. The van der Waals surface area contributed by atoms with Crippen LogP contribution in [0.4, 0.5) is 0 Å². The van der Waals surface area contributed by atoms with Crippen molar-refractivity contribution in [2.24, 2.45) is 5.41 Å². The fraction of sp³-hybridized carbons (Fsp3) is 0.429. The number of rotatable bonds is 2. The summed E-state index contributed by atoms with van der Waals surface area (Å²) in [6.07, 6.45) is 1.43. The molecular formula is C14H15NO. The van der Waals surface area contributed by atoms with E-state index in [0.29, 0.717) is 12.8 Å². The zero-order valence-electron chi connectivity index (χ0n) is 9.92. The van der Waals surface area contributed by atoms with Crippen LogP contribution in [0.5, 0.6) is 0 Å². The van der Waals surface area contributed by atoms with Gasteiger partial charge in [0, 0.05) is 5.56 Å². The van der Waals surface area contributed by atoms with Crippen molar-refractivity contribution in [2.75, 3.05) is 0 Å². The monoisotopic (exact) mass is 213 g/mol. The van der Waals surface area contributed by atoms with Crippen molar-refractivity contribution in [1.82, 2.24) is 0 Å². The SMILES string of the molecule is Cc1ccc(C(=O)C2(C#N)CC2)c(C)c1C. The van der Waals surface area contributed by atoms with Gasteiger partial charge in [-0.15, -0.1) is 0 Å². The van der Waals surface area contributed by atoms with Crippen molar-refractivity contribution in [3.05, 3.63) is 34.4 Å². The molecule has 0 atom stereocenters. The molecule has 0 spiro atoms. The summed E-state index contributed by atoms with van der Waals surface area (Å²) in [7, 11) is 0. The number of ketones is 1. The standard InChI is InChI=1S/C14H15NO/c1-9-4-5-12(11(3)10(9)2)13(16)14(8-15)6-7-14/h4-5H,6-7H2,1-3H3. The minimum Gasteiger partial charge on any atom is -0.292 e. The predicted molar refractivity (Wildman–Crippen MR) is 62.3 cm³/mol. The summed E-state index contributed by atoms with van der Waals surface area (Å²) in [6, 6.07) is 5.98. The molecule has 0 aliphatic heterocycles. The summed E-state index contributed by atoms with van der Waals surface area (Å²) in [6.45, 7) is 6.02. The Morgan fingerprint density at radius 1 is 1.25 bits per heavy atom. The first kappa shape index (κ1) is 10.9. The first-order chi connectivity index (χ1) is 7.52. The van der Waals surface area contributed by atoms with E-state index in [2.05, 4.69) is 6.07 Å². The van der Waals surface area contributed by atoms with Gasteiger partial charge in [0.2, 0.25) is 0 Å². The van der Waals surface area contributed by atoms with Gasteiger partial charge in [0.25, 0.3) is 0 Å². The largest absolute Gasteiger partial charge is 0.292 e. The van der Waals surface area contributed by atoms with Crippen LogP contribution in [-0.4, -0.2) is 5.78 Å². The average Bonchev–Trinajstić information content (AvgIpc) is 3.06.